The van der Waals surface area contributed by atoms with Gasteiger partial charge >= 0.3 is 6.03 Å². The van der Waals surface area contributed by atoms with Crippen LogP contribution in [0.2, 0.25) is 0 Å². The SMILES string of the molecule is C[C@H](CCO)NC(=O)Nc1cc(F)ccc1SCC(F)F. The van der Waals surface area contributed by atoms with Crippen LogP contribution in [0.1, 0.15) is 13.3 Å². The highest BCUT2D eigenvalue weighted by atomic mass is 32.2. The van der Waals surface area contributed by atoms with Crippen LogP contribution in [0.15, 0.2) is 23.1 Å². The summed E-state index contributed by atoms with van der Waals surface area (Å²) in [4.78, 5) is 12.1. The van der Waals surface area contributed by atoms with Gasteiger partial charge in [-0.3, -0.25) is 0 Å². The van der Waals surface area contributed by atoms with Gasteiger partial charge in [0.1, 0.15) is 5.82 Å². The van der Waals surface area contributed by atoms with Gasteiger partial charge in [-0.2, -0.15) is 0 Å². The number of urea groups is 1. The number of hydrogen-bond acceptors (Lipinski definition) is 3. The number of rotatable bonds is 7. The lowest BCUT2D eigenvalue weighted by atomic mass is 10.2. The number of anilines is 1. The molecule has 4 nitrogen and oxygen atoms in total. The Morgan fingerprint density at radius 3 is 2.76 bits per heavy atom. The number of hydrogen-bond donors (Lipinski definition) is 3. The molecule has 1 rings (SSSR count). The molecular formula is C13H17F3N2O2S. The standard InChI is InChI=1S/C13H17F3N2O2S/c1-8(4-5-19)17-13(20)18-10-6-9(14)2-3-11(10)21-7-12(15)16/h2-3,6,8,12,19H,4-5,7H2,1H3,(H2,17,18,20)/t8-/m1/s1. The van der Waals surface area contributed by atoms with Crippen molar-refractivity contribution in [3.05, 3.63) is 24.0 Å². The topological polar surface area (TPSA) is 61.4 Å². The van der Waals surface area contributed by atoms with E-state index in [0.29, 0.717) is 11.3 Å². The van der Waals surface area contributed by atoms with E-state index in [1.807, 2.05) is 0 Å². The number of thioether (sulfide) groups is 1. The first-order valence-corrected chi connectivity index (χ1v) is 7.29. The first-order valence-electron chi connectivity index (χ1n) is 6.31. The van der Waals surface area contributed by atoms with Gasteiger partial charge in [-0.05, 0) is 31.5 Å². The Hall–Kier alpha value is -1.41. The number of halogens is 3. The first kappa shape index (κ1) is 17.6. The van der Waals surface area contributed by atoms with E-state index in [1.165, 1.54) is 6.07 Å². The van der Waals surface area contributed by atoms with Gasteiger partial charge in [0.05, 0.1) is 11.4 Å². The van der Waals surface area contributed by atoms with E-state index in [9.17, 15) is 18.0 Å². The van der Waals surface area contributed by atoms with Gasteiger partial charge in [0, 0.05) is 17.5 Å². The molecule has 0 saturated carbocycles. The van der Waals surface area contributed by atoms with Crippen molar-refractivity contribution < 1.29 is 23.1 Å². The normalized spacial score (nSPS) is 12.3. The molecule has 21 heavy (non-hydrogen) atoms. The monoisotopic (exact) mass is 322 g/mol. The number of benzene rings is 1. The lowest BCUT2D eigenvalue weighted by Gasteiger charge is -2.15. The quantitative estimate of drug-likeness (QED) is 0.676. The highest BCUT2D eigenvalue weighted by Crippen LogP contribution is 2.29. The zero-order chi connectivity index (χ0) is 15.8. The summed E-state index contributed by atoms with van der Waals surface area (Å²) in [6, 6.07) is 2.71. The summed E-state index contributed by atoms with van der Waals surface area (Å²) in [6.45, 7) is 1.63. The Kier molecular flexibility index (Phi) is 7.38. The summed E-state index contributed by atoms with van der Waals surface area (Å²) in [6.07, 6.45) is -2.12. The molecule has 0 aliphatic carbocycles. The van der Waals surface area contributed by atoms with Gasteiger partial charge in [-0.25, -0.2) is 18.0 Å². The molecule has 1 atom stereocenters. The molecule has 0 aliphatic heterocycles. The highest BCUT2D eigenvalue weighted by molar-refractivity contribution is 7.99. The molecule has 0 spiro atoms. The average Bonchev–Trinajstić information content (AvgIpc) is 2.37. The third kappa shape index (κ3) is 6.72. The molecule has 0 radical (unpaired) electrons. The van der Waals surface area contributed by atoms with Crippen molar-refractivity contribution in [2.75, 3.05) is 17.7 Å². The predicted molar refractivity (Wildman–Crippen MR) is 76.4 cm³/mol. The number of aliphatic hydroxyl groups is 1. The summed E-state index contributed by atoms with van der Waals surface area (Å²) in [5.74, 6) is -1.02. The number of aliphatic hydroxyl groups excluding tert-OH is 1. The van der Waals surface area contributed by atoms with Gasteiger partial charge in [0.15, 0.2) is 0 Å². The van der Waals surface area contributed by atoms with Crippen LogP contribution in [-0.4, -0.2) is 36.0 Å². The maximum Gasteiger partial charge on any atom is 0.319 e. The zero-order valence-electron chi connectivity index (χ0n) is 11.4. The molecule has 0 fully saturated rings. The zero-order valence-corrected chi connectivity index (χ0v) is 12.2. The largest absolute Gasteiger partial charge is 0.396 e. The number of carbonyl (C=O) groups excluding carboxylic acids is 1. The minimum absolute atomic E-state index is 0.0725. The van der Waals surface area contributed by atoms with Crippen molar-refractivity contribution in [1.29, 1.82) is 0 Å². The number of alkyl halides is 2. The molecule has 8 heteroatoms. The number of carbonyl (C=O) groups is 1. The van der Waals surface area contributed by atoms with Crippen LogP contribution in [0.4, 0.5) is 23.7 Å². The Labute approximate surface area is 125 Å². The van der Waals surface area contributed by atoms with E-state index in [0.717, 1.165) is 23.9 Å². The van der Waals surface area contributed by atoms with Crippen LogP contribution >= 0.6 is 11.8 Å². The van der Waals surface area contributed by atoms with Gasteiger partial charge < -0.3 is 15.7 Å². The van der Waals surface area contributed by atoms with E-state index < -0.39 is 24.0 Å². The first-order chi connectivity index (χ1) is 9.92. The molecule has 3 N–H and O–H groups in total. The molecule has 0 aliphatic rings. The molecule has 0 saturated heterocycles. The van der Waals surface area contributed by atoms with E-state index in [4.69, 9.17) is 5.11 Å². The molecule has 2 amide bonds. The smallest absolute Gasteiger partial charge is 0.319 e. The van der Waals surface area contributed by atoms with Crippen LogP contribution in [-0.2, 0) is 0 Å². The van der Waals surface area contributed by atoms with Crippen LogP contribution in [0, 0.1) is 5.82 Å². The summed E-state index contributed by atoms with van der Waals surface area (Å²) in [5, 5.41) is 13.7. The Morgan fingerprint density at radius 2 is 2.14 bits per heavy atom. The van der Waals surface area contributed by atoms with E-state index in [1.54, 1.807) is 6.92 Å². The minimum Gasteiger partial charge on any atom is -0.396 e. The molecule has 0 unspecified atom stereocenters. The van der Waals surface area contributed by atoms with Gasteiger partial charge in [0.2, 0.25) is 6.43 Å². The van der Waals surface area contributed by atoms with Crippen LogP contribution in [0.5, 0.6) is 0 Å². The second kappa shape index (κ2) is 8.78. The summed E-state index contributed by atoms with van der Waals surface area (Å²) in [5.41, 5.74) is 0.134. The Bertz CT molecular complexity index is 475. The predicted octanol–water partition coefficient (Wildman–Crippen LogP) is 3.08. The molecular weight excluding hydrogens is 305 g/mol. The van der Waals surface area contributed by atoms with Crippen molar-refractivity contribution in [2.45, 2.75) is 30.7 Å². The molecule has 118 valence electrons. The van der Waals surface area contributed by atoms with Gasteiger partial charge in [-0.15, -0.1) is 11.8 Å². The minimum atomic E-state index is -2.49. The van der Waals surface area contributed by atoms with Crippen molar-refractivity contribution in [3.8, 4) is 0 Å². The van der Waals surface area contributed by atoms with Crippen LogP contribution in [0.25, 0.3) is 0 Å². The fourth-order valence-corrected chi connectivity index (χ4v) is 2.26. The third-order valence-electron chi connectivity index (χ3n) is 2.49. The lowest BCUT2D eigenvalue weighted by Crippen LogP contribution is -2.36. The van der Waals surface area contributed by atoms with Gasteiger partial charge in [0.25, 0.3) is 0 Å². The Morgan fingerprint density at radius 1 is 1.43 bits per heavy atom. The fourth-order valence-electron chi connectivity index (χ4n) is 1.53. The van der Waals surface area contributed by atoms with Crippen molar-refractivity contribution >= 4 is 23.5 Å². The number of nitrogens with one attached hydrogen (secondary N) is 2. The maximum atomic E-state index is 13.2. The molecule has 0 bridgehead atoms. The van der Waals surface area contributed by atoms with Crippen LogP contribution in [0.3, 0.4) is 0 Å². The molecule has 1 aromatic rings. The summed E-state index contributed by atoms with van der Waals surface area (Å²) in [7, 11) is 0. The molecule has 0 heterocycles. The second-order valence-corrected chi connectivity index (χ2v) is 5.42. The van der Waals surface area contributed by atoms with Crippen molar-refractivity contribution in [3.63, 3.8) is 0 Å². The van der Waals surface area contributed by atoms with Gasteiger partial charge in [-0.1, -0.05) is 0 Å². The fraction of sp³-hybridized carbons (Fsp3) is 0.462. The highest BCUT2D eigenvalue weighted by Gasteiger charge is 2.12. The van der Waals surface area contributed by atoms with E-state index in [2.05, 4.69) is 10.6 Å². The van der Waals surface area contributed by atoms with Crippen LogP contribution < -0.4 is 10.6 Å². The number of amides is 2. The summed E-state index contributed by atoms with van der Waals surface area (Å²) < 4.78 is 37.7. The van der Waals surface area contributed by atoms with E-state index in [-0.39, 0.29) is 18.3 Å². The third-order valence-corrected chi connectivity index (χ3v) is 3.58. The average molecular weight is 322 g/mol. The van der Waals surface area contributed by atoms with E-state index >= 15 is 0 Å². The molecule has 1 aromatic carbocycles. The van der Waals surface area contributed by atoms with Crippen molar-refractivity contribution in [2.24, 2.45) is 0 Å². The Balaban J connectivity index is 2.71. The maximum absolute atomic E-state index is 13.2. The lowest BCUT2D eigenvalue weighted by molar-refractivity contribution is 0.177. The second-order valence-electron chi connectivity index (χ2n) is 4.35. The summed E-state index contributed by atoms with van der Waals surface area (Å²) >= 11 is 0.836. The van der Waals surface area contributed by atoms with Crippen molar-refractivity contribution in [1.82, 2.24) is 5.32 Å². The molecule has 0 aromatic heterocycles.